The Balaban J connectivity index is 1.53. The fourth-order valence-electron chi connectivity index (χ4n) is 7.27. The summed E-state index contributed by atoms with van der Waals surface area (Å²) in [5.41, 5.74) is -1.15. The Morgan fingerprint density at radius 2 is 2.06 bits per heavy atom. The van der Waals surface area contributed by atoms with E-state index in [2.05, 4.69) is 33.4 Å². The van der Waals surface area contributed by atoms with Crippen molar-refractivity contribution in [1.29, 1.82) is 5.26 Å². The van der Waals surface area contributed by atoms with E-state index in [4.69, 9.17) is 16.1 Å². The number of pyridine rings is 1. The van der Waals surface area contributed by atoms with Crippen LogP contribution >= 0.6 is 0 Å². The van der Waals surface area contributed by atoms with Crippen molar-refractivity contribution in [1.82, 2.24) is 24.8 Å². The average Bonchev–Trinajstić information content (AvgIpc) is 3.29. The van der Waals surface area contributed by atoms with Crippen molar-refractivity contribution in [3.05, 3.63) is 60.3 Å². The predicted octanol–water partition coefficient (Wildman–Crippen LogP) is 5.82. The number of hydrogen-bond acceptors (Lipinski definition) is 9. The lowest BCUT2D eigenvalue weighted by Crippen LogP contribution is -2.51. The van der Waals surface area contributed by atoms with E-state index in [1.165, 1.54) is 41.4 Å². The van der Waals surface area contributed by atoms with E-state index in [1.807, 2.05) is 18.9 Å². The Morgan fingerprint density at radius 3 is 2.78 bits per heavy atom. The first-order valence-electron chi connectivity index (χ1n) is 16.7. The van der Waals surface area contributed by atoms with E-state index in [0.29, 0.717) is 30.6 Å². The number of phenols is 1. The van der Waals surface area contributed by atoms with Gasteiger partial charge < -0.3 is 24.5 Å². The summed E-state index contributed by atoms with van der Waals surface area (Å²) in [6.07, 6.45) is 12.5. The Kier molecular flexibility index (Phi) is 9.59. The molecule has 2 aromatic carbocycles. The van der Waals surface area contributed by atoms with Gasteiger partial charge in [-0.05, 0) is 75.9 Å². The van der Waals surface area contributed by atoms with Gasteiger partial charge in [0.25, 0.3) is 0 Å². The van der Waals surface area contributed by atoms with Crippen LogP contribution in [-0.2, 0) is 4.79 Å². The largest absolute Gasteiger partial charge is 0.508 e. The fraction of sp³-hybridized carbons (Fsp3) is 0.395. The third-order valence-electron chi connectivity index (χ3n) is 10.2. The second kappa shape index (κ2) is 13.9. The van der Waals surface area contributed by atoms with E-state index in [-0.39, 0.29) is 70.0 Å². The van der Waals surface area contributed by atoms with Gasteiger partial charge in [0.2, 0.25) is 5.91 Å². The standard InChI is InChI=1S/C38H39F2N7O3/c1-6-26-29(39)13-12-23-17-25(48)18-27(32(23)26)34-33(40)35-28(19-42-34)36(44-37(43-35)50-21-24-11-8-9-15-45(24)4)47-16-10-14-38(3,22-41)30(20-47)46(5)31(49)7-2/h1,7,12-13,17-19,24,30,48H,2,8-11,14-16,20-21H2,3-5H3/t24-,30?,38?/m1/s1. The Labute approximate surface area is 290 Å². The molecule has 10 nitrogen and oxygen atoms in total. The number of terminal acetylenes is 1. The normalized spacial score (nSPS) is 21.3. The molecule has 1 N–H and O–H groups in total. The number of likely N-dealkylation sites (N-methyl/N-ethyl adjacent to an activating group) is 2. The molecule has 258 valence electrons. The molecule has 2 aliphatic rings. The monoisotopic (exact) mass is 679 g/mol. The number of phenolic OH excluding ortho intramolecular Hbond substituents is 1. The summed E-state index contributed by atoms with van der Waals surface area (Å²) in [5, 5.41) is 21.8. The first kappa shape index (κ1) is 34.5. The molecular formula is C38H39F2N7O3. The SMILES string of the molecule is C#Cc1c(F)ccc2cc(O)cc(-c3ncc4c(N5CCCC(C)(C#N)C(N(C)C(=O)C=C)C5)nc(OC[C@H]5CCCCN5C)nc4c3F)c12. The molecule has 2 aromatic heterocycles. The lowest BCUT2D eigenvalue weighted by atomic mass is 9.79. The number of amides is 1. The zero-order chi connectivity index (χ0) is 35.7. The summed E-state index contributed by atoms with van der Waals surface area (Å²) in [6, 6.07) is 7.33. The molecule has 1 amide bonds. The van der Waals surface area contributed by atoms with E-state index in [9.17, 15) is 19.6 Å². The predicted molar refractivity (Wildman–Crippen MR) is 187 cm³/mol. The summed E-state index contributed by atoms with van der Waals surface area (Å²) >= 11 is 0. The summed E-state index contributed by atoms with van der Waals surface area (Å²) < 4.78 is 38.1. The number of benzene rings is 2. The molecule has 2 aliphatic heterocycles. The molecule has 2 saturated heterocycles. The number of rotatable bonds is 7. The minimum Gasteiger partial charge on any atom is -0.508 e. The second-order valence-corrected chi connectivity index (χ2v) is 13.4. The maximum absolute atomic E-state index is 17.0. The van der Waals surface area contributed by atoms with Crippen molar-refractivity contribution in [2.45, 2.75) is 51.1 Å². The van der Waals surface area contributed by atoms with Crippen LogP contribution in [0.15, 0.2) is 43.1 Å². The number of likely N-dealkylation sites (tertiary alicyclic amines) is 1. The third kappa shape index (κ3) is 6.27. The van der Waals surface area contributed by atoms with Gasteiger partial charge in [0.1, 0.15) is 35.2 Å². The van der Waals surface area contributed by atoms with Crippen molar-refractivity contribution in [3.63, 3.8) is 0 Å². The molecule has 12 heteroatoms. The van der Waals surface area contributed by atoms with Gasteiger partial charge in [-0.1, -0.05) is 25.0 Å². The summed E-state index contributed by atoms with van der Waals surface area (Å²) in [6.45, 7) is 7.34. The van der Waals surface area contributed by atoms with Crippen LogP contribution in [0.2, 0.25) is 0 Å². The summed E-state index contributed by atoms with van der Waals surface area (Å²) in [5.74, 6) is 0.686. The van der Waals surface area contributed by atoms with Gasteiger partial charge >= 0.3 is 6.01 Å². The smallest absolute Gasteiger partial charge is 0.319 e. The Morgan fingerprint density at radius 1 is 1.26 bits per heavy atom. The van der Waals surface area contributed by atoms with Crippen LogP contribution in [0.25, 0.3) is 32.9 Å². The zero-order valence-electron chi connectivity index (χ0n) is 28.4. The second-order valence-electron chi connectivity index (χ2n) is 13.4. The van der Waals surface area contributed by atoms with Gasteiger partial charge in [0, 0.05) is 43.3 Å². The molecule has 0 radical (unpaired) electrons. The van der Waals surface area contributed by atoms with Gasteiger partial charge in [-0.15, -0.1) is 6.42 Å². The number of ether oxygens (including phenoxy) is 1. The van der Waals surface area contributed by atoms with E-state index < -0.39 is 23.1 Å². The van der Waals surface area contributed by atoms with Gasteiger partial charge in [0.05, 0.1) is 28.5 Å². The minimum atomic E-state index is -0.882. The van der Waals surface area contributed by atoms with Gasteiger partial charge in [-0.25, -0.2) is 8.78 Å². The number of aromatic hydroxyl groups is 1. The fourth-order valence-corrected chi connectivity index (χ4v) is 7.27. The minimum absolute atomic E-state index is 0.0435. The van der Waals surface area contributed by atoms with Crippen molar-refractivity contribution >= 4 is 33.4 Å². The number of nitrogens with zero attached hydrogens (tertiary/aromatic N) is 7. The van der Waals surface area contributed by atoms with Crippen molar-refractivity contribution in [2.75, 3.05) is 45.2 Å². The Hall–Kier alpha value is -5.33. The van der Waals surface area contributed by atoms with Crippen molar-refractivity contribution < 1.29 is 23.4 Å². The van der Waals surface area contributed by atoms with Crippen LogP contribution in [0.1, 0.15) is 44.6 Å². The highest BCUT2D eigenvalue weighted by Gasteiger charge is 2.42. The molecule has 0 aliphatic carbocycles. The van der Waals surface area contributed by atoms with Gasteiger partial charge in [0.15, 0.2) is 5.82 Å². The van der Waals surface area contributed by atoms with Crippen LogP contribution in [0, 0.1) is 40.7 Å². The molecule has 3 atom stereocenters. The number of halogens is 2. The van der Waals surface area contributed by atoms with Crippen LogP contribution in [-0.4, -0.2) is 88.2 Å². The molecule has 50 heavy (non-hydrogen) atoms. The number of anilines is 1. The van der Waals surface area contributed by atoms with Crippen LogP contribution < -0.4 is 9.64 Å². The quantitative estimate of drug-likeness (QED) is 0.191. The Bertz CT molecular complexity index is 2080. The maximum atomic E-state index is 17.0. The van der Waals surface area contributed by atoms with Crippen molar-refractivity contribution in [2.24, 2.45) is 5.41 Å². The lowest BCUT2D eigenvalue weighted by molar-refractivity contribution is -0.128. The number of carbonyl (C=O) groups excluding carboxylic acids is 1. The lowest BCUT2D eigenvalue weighted by Gasteiger charge is -2.38. The molecule has 4 aromatic rings. The zero-order valence-corrected chi connectivity index (χ0v) is 28.4. The average molecular weight is 680 g/mol. The topological polar surface area (TPSA) is 119 Å². The number of aromatic nitrogens is 3. The maximum Gasteiger partial charge on any atom is 0.319 e. The molecule has 0 bridgehead atoms. The van der Waals surface area contributed by atoms with Crippen LogP contribution in [0.3, 0.4) is 0 Å². The first-order valence-corrected chi connectivity index (χ1v) is 16.7. The molecule has 2 unspecified atom stereocenters. The molecule has 0 saturated carbocycles. The molecule has 0 spiro atoms. The number of nitriles is 1. The van der Waals surface area contributed by atoms with Crippen molar-refractivity contribution in [3.8, 4) is 41.4 Å². The summed E-state index contributed by atoms with van der Waals surface area (Å²) in [7, 11) is 3.68. The summed E-state index contributed by atoms with van der Waals surface area (Å²) in [4.78, 5) is 32.3. The van der Waals surface area contributed by atoms with Gasteiger partial charge in [-0.2, -0.15) is 15.2 Å². The molecule has 6 rings (SSSR count). The molecule has 2 fully saturated rings. The number of hydrogen-bond donors (Lipinski definition) is 1. The number of carbonyl (C=O) groups is 1. The van der Waals surface area contributed by atoms with Crippen LogP contribution in [0.5, 0.6) is 11.8 Å². The van der Waals surface area contributed by atoms with E-state index in [0.717, 1.165) is 25.8 Å². The highest BCUT2D eigenvalue weighted by Crippen LogP contribution is 2.40. The van der Waals surface area contributed by atoms with E-state index in [1.54, 1.807) is 7.05 Å². The van der Waals surface area contributed by atoms with E-state index >= 15 is 4.39 Å². The molecule has 4 heterocycles. The number of fused-ring (bicyclic) bond motifs is 2. The molecular weight excluding hydrogens is 640 g/mol. The first-order chi connectivity index (χ1) is 24.0. The highest BCUT2D eigenvalue weighted by molar-refractivity contribution is 6.03. The third-order valence-corrected chi connectivity index (χ3v) is 10.2. The van der Waals surface area contributed by atoms with Crippen LogP contribution in [0.4, 0.5) is 14.6 Å². The number of piperidine rings is 1. The highest BCUT2D eigenvalue weighted by atomic mass is 19.1. The van der Waals surface area contributed by atoms with Gasteiger partial charge in [-0.3, -0.25) is 9.78 Å².